The molecule has 2 aromatic rings. The van der Waals surface area contributed by atoms with E-state index in [-0.39, 0.29) is 34.3 Å². The fraction of sp³-hybridized carbons (Fsp3) is 0.576. The van der Waals surface area contributed by atoms with E-state index >= 15 is 0 Å². The van der Waals surface area contributed by atoms with Gasteiger partial charge in [0.25, 0.3) is 8.32 Å². The fourth-order valence-electron chi connectivity index (χ4n) is 5.28. The second-order valence-electron chi connectivity index (χ2n) is 13.9. The van der Waals surface area contributed by atoms with Gasteiger partial charge in [0.05, 0.1) is 18.3 Å². The van der Waals surface area contributed by atoms with Crippen molar-refractivity contribution in [2.24, 2.45) is 5.92 Å². The summed E-state index contributed by atoms with van der Waals surface area (Å²) in [4.78, 5) is 0. The molecule has 1 aliphatic rings. The van der Waals surface area contributed by atoms with Crippen LogP contribution in [-0.4, -0.2) is 52.8 Å². The van der Waals surface area contributed by atoms with Crippen LogP contribution in [0.25, 0.3) is 0 Å². The standard InChI is InChI=1S/C33H52O4Si2/c1-11-29-31(36-29)23-28(34)30(37-38(9,10)32(3,4)5)22-25(2)24-35-39(33(6,7)8,26-18-14-12-15-19-26)27-20-16-13-17-21-27/h11-21,25,28-31,34H,1,22-24H2,2-10H3/t25-,28+,29+,30+,31+/m1/s1. The number of hydrogen-bond acceptors (Lipinski definition) is 4. The van der Waals surface area contributed by atoms with Crippen molar-refractivity contribution in [3.05, 3.63) is 73.3 Å². The summed E-state index contributed by atoms with van der Waals surface area (Å²) >= 11 is 0. The summed E-state index contributed by atoms with van der Waals surface area (Å²) in [5.41, 5.74) is 0. The molecule has 0 unspecified atom stereocenters. The molecule has 1 fully saturated rings. The van der Waals surface area contributed by atoms with E-state index in [0.717, 1.165) is 6.42 Å². The van der Waals surface area contributed by atoms with Crippen molar-refractivity contribution in [3.63, 3.8) is 0 Å². The second kappa shape index (κ2) is 12.5. The number of aliphatic hydroxyl groups is 1. The fourth-order valence-corrected chi connectivity index (χ4v) is 11.3. The average molecular weight is 569 g/mol. The topological polar surface area (TPSA) is 51.2 Å². The largest absolute Gasteiger partial charge is 0.411 e. The molecule has 0 aromatic heterocycles. The summed E-state index contributed by atoms with van der Waals surface area (Å²) in [6.45, 7) is 24.9. The molecule has 1 aliphatic heterocycles. The Morgan fingerprint density at radius 3 is 1.85 bits per heavy atom. The first-order valence-electron chi connectivity index (χ1n) is 14.5. The summed E-state index contributed by atoms with van der Waals surface area (Å²) in [7, 11) is -4.72. The third kappa shape index (κ3) is 7.60. The highest BCUT2D eigenvalue weighted by Crippen LogP contribution is 2.40. The van der Waals surface area contributed by atoms with Crippen molar-refractivity contribution >= 4 is 27.0 Å². The lowest BCUT2D eigenvalue weighted by atomic mass is 9.98. The van der Waals surface area contributed by atoms with Gasteiger partial charge in [-0.15, -0.1) is 6.58 Å². The highest BCUT2D eigenvalue weighted by molar-refractivity contribution is 6.99. The predicted octanol–water partition coefficient (Wildman–Crippen LogP) is 6.68. The Bertz CT molecular complexity index is 1000. The molecule has 0 bridgehead atoms. The number of epoxide rings is 1. The van der Waals surface area contributed by atoms with Gasteiger partial charge in [-0.25, -0.2) is 0 Å². The first kappa shape index (κ1) is 32.0. The zero-order valence-electron chi connectivity index (χ0n) is 25.7. The third-order valence-corrected chi connectivity index (χ3v) is 18.2. The molecule has 0 aliphatic carbocycles. The summed E-state index contributed by atoms with van der Waals surface area (Å²) in [5, 5.41) is 13.9. The molecule has 2 aromatic carbocycles. The minimum absolute atomic E-state index is 0.0340. The van der Waals surface area contributed by atoms with Crippen LogP contribution in [-0.2, 0) is 13.6 Å². The zero-order valence-corrected chi connectivity index (χ0v) is 27.7. The highest BCUT2D eigenvalue weighted by atomic mass is 28.4. The Kier molecular flexibility index (Phi) is 10.3. The van der Waals surface area contributed by atoms with Crippen LogP contribution in [0.15, 0.2) is 73.3 Å². The molecule has 1 heterocycles. The van der Waals surface area contributed by atoms with Gasteiger partial charge in [-0.05, 0) is 45.9 Å². The molecular formula is C33H52O4Si2. The summed E-state index contributed by atoms with van der Waals surface area (Å²) in [6, 6.07) is 21.5. The molecule has 0 amide bonds. The van der Waals surface area contributed by atoms with E-state index in [4.69, 9.17) is 13.6 Å². The van der Waals surface area contributed by atoms with Gasteiger partial charge in [0.1, 0.15) is 6.10 Å². The summed E-state index contributed by atoms with van der Waals surface area (Å²) in [6.07, 6.45) is 2.34. The molecule has 1 N–H and O–H groups in total. The van der Waals surface area contributed by atoms with E-state index in [1.165, 1.54) is 10.4 Å². The first-order valence-corrected chi connectivity index (χ1v) is 19.3. The van der Waals surface area contributed by atoms with Gasteiger partial charge in [0.15, 0.2) is 8.32 Å². The predicted molar refractivity (Wildman–Crippen MR) is 169 cm³/mol. The summed E-state index contributed by atoms with van der Waals surface area (Å²) in [5.74, 6) is 0.200. The number of ether oxygens (including phenoxy) is 1. The van der Waals surface area contributed by atoms with Gasteiger partial charge < -0.3 is 18.7 Å². The number of benzene rings is 2. The molecule has 5 atom stereocenters. The number of rotatable bonds is 13. The van der Waals surface area contributed by atoms with E-state index in [2.05, 4.69) is 129 Å². The van der Waals surface area contributed by atoms with Gasteiger partial charge in [0, 0.05) is 13.0 Å². The molecular weight excluding hydrogens is 517 g/mol. The third-order valence-electron chi connectivity index (χ3n) is 8.65. The Morgan fingerprint density at radius 2 is 1.44 bits per heavy atom. The molecule has 4 nitrogen and oxygen atoms in total. The van der Waals surface area contributed by atoms with Crippen molar-refractivity contribution in [1.82, 2.24) is 0 Å². The van der Waals surface area contributed by atoms with Crippen LogP contribution >= 0.6 is 0 Å². The van der Waals surface area contributed by atoms with Gasteiger partial charge >= 0.3 is 0 Å². The van der Waals surface area contributed by atoms with Crippen LogP contribution in [0.2, 0.25) is 23.2 Å². The quantitative estimate of drug-likeness (QED) is 0.166. The molecule has 39 heavy (non-hydrogen) atoms. The summed E-state index contributed by atoms with van der Waals surface area (Å²) < 4.78 is 19.7. The van der Waals surface area contributed by atoms with E-state index in [9.17, 15) is 5.11 Å². The maximum absolute atomic E-state index is 11.4. The normalized spacial score (nSPS) is 20.8. The lowest BCUT2D eigenvalue weighted by Gasteiger charge is -2.44. The van der Waals surface area contributed by atoms with Crippen molar-refractivity contribution in [2.45, 2.75) is 109 Å². The molecule has 0 saturated carbocycles. The lowest BCUT2D eigenvalue weighted by Crippen LogP contribution is -2.66. The van der Waals surface area contributed by atoms with Crippen LogP contribution in [0.1, 0.15) is 61.3 Å². The molecule has 1 saturated heterocycles. The second-order valence-corrected chi connectivity index (χ2v) is 23.0. The van der Waals surface area contributed by atoms with Gasteiger partial charge in [-0.2, -0.15) is 0 Å². The van der Waals surface area contributed by atoms with Gasteiger partial charge in [0.2, 0.25) is 0 Å². The Labute approximate surface area is 240 Å². The van der Waals surface area contributed by atoms with E-state index in [1.807, 2.05) is 6.08 Å². The van der Waals surface area contributed by atoms with Crippen LogP contribution < -0.4 is 10.4 Å². The monoisotopic (exact) mass is 568 g/mol. The maximum atomic E-state index is 11.4. The lowest BCUT2D eigenvalue weighted by molar-refractivity contribution is 0.00205. The number of aliphatic hydroxyl groups excluding tert-OH is 1. The van der Waals surface area contributed by atoms with Crippen LogP contribution in [0.4, 0.5) is 0 Å². The van der Waals surface area contributed by atoms with Crippen molar-refractivity contribution < 1.29 is 18.7 Å². The molecule has 0 spiro atoms. The van der Waals surface area contributed by atoms with Gasteiger partial charge in [-0.3, -0.25) is 0 Å². The Balaban J connectivity index is 1.86. The average Bonchev–Trinajstić information content (AvgIpc) is 3.61. The van der Waals surface area contributed by atoms with Crippen LogP contribution in [0, 0.1) is 5.92 Å². The Hall–Kier alpha value is -1.55. The van der Waals surface area contributed by atoms with E-state index in [1.54, 1.807) is 0 Å². The Morgan fingerprint density at radius 1 is 0.923 bits per heavy atom. The van der Waals surface area contributed by atoms with E-state index in [0.29, 0.717) is 13.0 Å². The minimum atomic E-state index is -2.62. The highest BCUT2D eigenvalue weighted by Gasteiger charge is 2.50. The SMILES string of the molecule is C=C[C@@H]1O[C@H]1C[C@H](O)[C@H](C[C@@H](C)CO[Si](c1ccccc1)(c1ccccc1)C(C)(C)C)O[Si](C)(C)C(C)(C)C. The maximum Gasteiger partial charge on any atom is 0.261 e. The molecule has 216 valence electrons. The van der Waals surface area contributed by atoms with Crippen LogP contribution in [0.3, 0.4) is 0 Å². The first-order chi connectivity index (χ1) is 18.1. The van der Waals surface area contributed by atoms with Gasteiger partial charge in [-0.1, -0.05) is 115 Å². The molecule has 0 radical (unpaired) electrons. The zero-order chi connectivity index (χ0) is 29.1. The van der Waals surface area contributed by atoms with Crippen LogP contribution in [0.5, 0.6) is 0 Å². The van der Waals surface area contributed by atoms with E-state index < -0.39 is 22.7 Å². The molecule has 3 rings (SSSR count). The minimum Gasteiger partial charge on any atom is -0.411 e. The van der Waals surface area contributed by atoms with Crippen molar-refractivity contribution in [2.75, 3.05) is 6.61 Å². The number of hydrogen-bond donors (Lipinski definition) is 1. The van der Waals surface area contributed by atoms with Crippen molar-refractivity contribution in [1.29, 1.82) is 0 Å². The molecule has 6 heteroatoms. The van der Waals surface area contributed by atoms with Crippen molar-refractivity contribution in [3.8, 4) is 0 Å². The smallest absolute Gasteiger partial charge is 0.261 e.